The van der Waals surface area contributed by atoms with E-state index in [2.05, 4.69) is 12.2 Å². The van der Waals surface area contributed by atoms with E-state index in [1.54, 1.807) is 0 Å². The summed E-state index contributed by atoms with van der Waals surface area (Å²) < 4.78 is 5.96. The summed E-state index contributed by atoms with van der Waals surface area (Å²) in [5, 5.41) is 3.71. The van der Waals surface area contributed by atoms with Crippen molar-refractivity contribution in [3.05, 3.63) is 0 Å². The first-order valence-electron chi connectivity index (χ1n) is 8.32. The summed E-state index contributed by atoms with van der Waals surface area (Å²) in [7, 11) is 0. The van der Waals surface area contributed by atoms with Crippen LogP contribution in [0.3, 0.4) is 0 Å². The van der Waals surface area contributed by atoms with E-state index in [-0.39, 0.29) is 5.91 Å². The lowest BCUT2D eigenvalue weighted by Crippen LogP contribution is -2.64. The van der Waals surface area contributed by atoms with E-state index in [1.165, 1.54) is 32.1 Å². The summed E-state index contributed by atoms with van der Waals surface area (Å²) in [5.41, 5.74) is 5.56. The van der Waals surface area contributed by atoms with Crippen LogP contribution in [0.2, 0.25) is 0 Å². The topological polar surface area (TPSA) is 64.3 Å². The van der Waals surface area contributed by atoms with E-state index in [1.807, 2.05) is 0 Å². The van der Waals surface area contributed by atoms with Crippen LogP contribution in [-0.2, 0) is 9.53 Å². The van der Waals surface area contributed by atoms with E-state index >= 15 is 0 Å². The van der Waals surface area contributed by atoms with Crippen LogP contribution in [0.5, 0.6) is 0 Å². The molecule has 4 heteroatoms. The molecule has 0 aliphatic heterocycles. The van der Waals surface area contributed by atoms with Gasteiger partial charge in [0.25, 0.3) is 0 Å². The zero-order chi connectivity index (χ0) is 14.4. The van der Waals surface area contributed by atoms with Gasteiger partial charge in [-0.2, -0.15) is 0 Å². The normalized spacial score (nSPS) is 28.2. The Labute approximate surface area is 122 Å². The Morgan fingerprint density at radius 1 is 1.30 bits per heavy atom. The van der Waals surface area contributed by atoms with Crippen molar-refractivity contribution >= 4 is 5.91 Å². The van der Waals surface area contributed by atoms with Gasteiger partial charge in [0.05, 0.1) is 6.10 Å². The number of carbonyl (C=O) groups excluding carboxylic acids is 1. The smallest absolute Gasteiger partial charge is 0.217 e. The van der Waals surface area contributed by atoms with E-state index in [9.17, 15) is 4.79 Å². The number of ether oxygens (including phenoxy) is 1. The van der Waals surface area contributed by atoms with Gasteiger partial charge in [-0.1, -0.05) is 19.3 Å². The summed E-state index contributed by atoms with van der Waals surface area (Å²) in [4.78, 5) is 10.7. The molecular formula is C16H30N2O2. The van der Waals surface area contributed by atoms with Gasteiger partial charge in [-0.05, 0) is 45.6 Å². The van der Waals surface area contributed by atoms with Gasteiger partial charge in [0, 0.05) is 24.5 Å². The van der Waals surface area contributed by atoms with Crippen molar-refractivity contribution in [1.82, 2.24) is 5.32 Å². The number of carbonyl (C=O) groups is 1. The van der Waals surface area contributed by atoms with Gasteiger partial charge in [0.2, 0.25) is 5.91 Å². The van der Waals surface area contributed by atoms with Gasteiger partial charge in [-0.3, -0.25) is 4.79 Å². The Morgan fingerprint density at radius 3 is 2.70 bits per heavy atom. The molecule has 2 saturated carbocycles. The Hall–Kier alpha value is -0.610. The first-order chi connectivity index (χ1) is 9.69. The third-order valence-corrected chi connectivity index (χ3v) is 5.18. The molecule has 2 rings (SSSR count). The zero-order valence-corrected chi connectivity index (χ0v) is 12.8. The summed E-state index contributed by atoms with van der Waals surface area (Å²) in [6.07, 6.45) is 10.8. The molecule has 0 saturated heterocycles. The Morgan fingerprint density at radius 2 is 2.05 bits per heavy atom. The van der Waals surface area contributed by atoms with Crippen LogP contribution in [0.1, 0.15) is 64.7 Å². The van der Waals surface area contributed by atoms with E-state index in [4.69, 9.17) is 10.5 Å². The van der Waals surface area contributed by atoms with E-state index in [0.29, 0.717) is 24.0 Å². The monoisotopic (exact) mass is 282 g/mol. The SMILES string of the molecule is CCOC1CC(NCCCCC(N)=O)C12CCCCC2. The molecule has 20 heavy (non-hydrogen) atoms. The summed E-state index contributed by atoms with van der Waals surface area (Å²) in [6, 6.07) is 0.618. The second kappa shape index (κ2) is 7.41. The number of rotatable bonds is 8. The van der Waals surface area contributed by atoms with Crippen LogP contribution >= 0.6 is 0 Å². The molecule has 2 unspecified atom stereocenters. The minimum atomic E-state index is -0.186. The number of nitrogens with two attached hydrogens (primary N) is 1. The van der Waals surface area contributed by atoms with Crippen molar-refractivity contribution in [2.24, 2.45) is 11.1 Å². The maximum absolute atomic E-state index is 10.7. The molecule has 2 fully saturated rings. The molecule has 0 bridgehead atoms. The molecule has 1 amide bonds. The molecule has 0 radical (unpaired) electrons. The van der Waals surface area contributed by atoms with Crippen LogP contribution < -0.4 is 11.1 Å². The number of nitrogens with one attached hydrogen (secondary N) is 1. The quantitative estimate of drug-likeness (QED) is 0.672. The predicted octanol–water partition coefficient (Wildman–Crippen LogP) is 2.36. The van der Waals surface area contributed by atoms with Crippen molar-refractivity contribution in [1.29, 1.82) is 0 Å². The van der Waals surface area contributed by atoms with Crippen LogP contribution in [0, 0.1) is 5.41 Å². The molecule has 0 aromatic rings. The highest BCUT2D eigenvalue weighted by atomic mass is 16.5. The highest BCUT2D eigenvalue weighted by Gasteiger charge is 2.55. The van der Waals surface area contributed by atoms with Gasteiger partial charge in [-0.25, -0.2) is 0 Å². The average molecular weight is 282 g/mol. The molecule has 0 aromatic carbocycles. The number of hydrogen-bond donors (Lipinski definition) is 2. The fourth-order valence-corrected chi connectivity index (χ4v) is 4.05. The Bertz CT molecular complexity index is 314. The zero-order valence-electron chi connectivity index (χ0n) is 12.8. The first-order valence-corrected chi connectivity index (χ1v) is 8.32. The standard InChI is InChI=1S/C16H30N2O2/c1-2-20-14-12-13(16(14)9-5-3-6-10-16)18-11-7-4-8-15(17)19/h13-14,18H,2-12H2,1H3,(H2,17,19). The number of primary amides is 1. The van der Waals surface area contributed by atoms with Crippen molar-refractivity contribution < 1.29 is 9.53 Å². The van der Waals surface area contributed by atoms with E-state index in [0.717, 1.165) is 32.4 Å². The van der Waals surface area contributed by atoms with Crippen molar-refractivity contribution in [3.8, 4) is 0 Å². The fourth-order valence-electron chi connectivity index (χ4n) is 4.05. The predicted molar refractivity (Wildman–Crippen MR) is 80.4 cm³/mol. The number of amides is 1. The van der Waals surface area contributed by atoms with Crippen LogP contribution in [0.15, 0.2) is 0 Å². The lowest BCUT2D eigenvalue weighted by atomic mass is 9.55. The van der Waals surface area contributed by atoms with Crippen LogP contribution in [0.4, 0.5) is 0 Å². The van der Waals surface area contributed by atoms with Crippen molar-refractivity contribution in [2.45, 2.75) is 76.9 Å². The van der Waals surface area contributed by atoms with Gasteiger partial charge >= 0.3 is 0 Å². The fraction of sp³-hybridized carbons (Fsp3) is 0.938. The summed E-state index contributed by atoms with van der Waals surface area (Å²) in [5.74, 6) is -0.186. The van der Waals surface area contributed by atoms with E-state index < -0.39 is 0 Å². The third kappa shape index (κ3) is 3.53. The molecule has 2 aliphatic carbocycles. The third-order valence-electron chi connectivity index (χ3n) is 5.18. The molecular weight excluding hydrogens is 252 g/mol. The molecule has 3 N–H and O–H groups in total. The van der Waals surface area contributed by atoms with Gasteiger partial charge in [0.1, 0.15) is 0 Å². The molecule has 0 aromatic heterocycles. The highest BCUT2D eigenvalue weighted by molar-refractivity contribution is 5.73. The molecule has 116 valence electrons. The lowest BCUT2D eigenvalue weighted by molar-refractivity contribution is -0.149. The number of hydrogen-bond acceptors (Lipinski definition) is 3. The molecule has 1 spiro atoms. The second-order valence-corrected chi connectivity index (χ2v) is 6.40. The minimum absolute atomic E-state index is 0.186. The van der Waals surface area contributed by atoms with Gasteiger partial charge < -0.3 is 15.8 Å². The Balaban J connectivity index is 1.75. The number of unbranched alkanes of at least 4 members (excludes halogenated alkanes) is 1. The van der Waals surface area contributed by atoms with Crippen molar-refractivity contribution in [3.63, 3.8) is 0 Å². The first kappa shape index (κ1) is 15.8. The maximum atomic E-state index is 10.7. The highest BCUT2D eigenvalue weighted by Crippen LogP contribution is 2.53. The van der Waals surface area contributed by atoms with Gasteiger partial charge in [-0.15, -0.1) is 0 Å². The summed E-state index contributed by atoms with van der Waals surface area (Å²) >= 11 is 0. The van der Waals surface area contributed by atoms with Crippen molar-refractivity contribution in [2.75, 3.05) is 13.2 Å². The van der Waals surface area contributed by atoms with Crippen LogP contribution in [-0.4, -0.2) is 31.2 Å². The molecule has 2 aliphatic rings. The Kier molecular flexibility index (Phi) is 5.85. The molecule has 0 heterocycles. The largest absolute Gasteiger partial charge is 0.378 e. The second-order valence-electron chi connectivity index (χ2n) is 6.40. The minimum Gasteiger partial charge on any atom is -0.378 e. The average Bonchev–Trinajstić information content (AvgIpc) is 2.45. The maximum Gasteiger partial charge on any atom is 0.217 e. The van der Waals surface area contributed by atoms with Gasteiger partial charge in [0.15, 0.2) is 0 Å². The summed E-state index contributed by atoms with van der Waals surface area (Å²) in [6.45, 7) is 3.93. The van der Waals surface area contributed by atoms with Crippen LogP contribution in [0.25, 0.3) is 0 Å². The molecule has 4 nitrogen and oxygen atoms in total. The lowest BCUT2D eigenvalue weighted by Gasteiger charge is -2.58. The molecule has 2 atom stereocenters.